The molecule has 3 N–H and O–H groups in total. The molecule has 2 aromatic rings. The van der Waals surface area contributed by atoms with Crippen molar-refractivity contribution in [1.82, 2.24) is 5.12 Å². The van der Waals surface area contributed by atoms with E-state index in [-0.39, 0.29) is 0 Å². The average molecular weight is 337 g/mol. The Hall–Kier alpha value is -2.08. The van der Waals surface area contributed by atoms with Gasteiger partial charge in [0.25, 0.3) is 0 Å². The number of halogens is 2. The summed E-state index contributed by atoms with van der Waals surface area (Å²) in [4.78, 5) is 0. The number of hydrogen-bond donors (Lipinski definition) is 2. The largest absolute Gasteiger partial charge is 0.487 e. The molecule has 0 aliphatic carbocycles. The zero-order chi connectivity index (χ0) is 15.9. The second kappa shape index (κ2) is 7.79. The molecular formula is C15H14Cl2N4O. The molecule has 0 atom stereocenters. The van der Waals surface area contributed by atoms with Crippen molar-refractivity contribution in [3.05, 3.63) is 63.6 Å². The van der Waals surface area contributed by atoms with Crippen molar-refractivity contribution >= 4 is 35.8 Å². The van der Waals surface area contributed by atoms with E-state index in [0.717, 1.165) is 17.0 Å². The predicted octanol–water partition coefficient (Wildman–Crippen LogP) is 3.69. The van der Waals surface area contributed by atoms with Gasteiger partial charge in [-0.3, -0.25) is 5.41 Å². The number of nitrogens with zero attached hydrogens (tertiary/aromatic N) is 2. The van der Waals surface area contributed by atoms with Crippen molar-refractivity contribution in [1.29, 1.82) is 5.41 Å². The van der Waals surface area contributed by atoms with Crippen molar-refractivity contribution in [2.75, 3.05) is 0 Å². The van der Waals surface area contributed by atoms with Gasteiger partial charge in [0.05, 0.1) is 11.2 Å². The van der Waals surface area contributed by atoms with Gasteiger partial charge in [-0.05, 0) is 23.8 Å². The maximum Gasteiger partial charge on any atom is 0.139 e. The first-order chi connectivity index (χ1) is 10.6. The number of rotatable bonds is 6. The van der Waals surface area contributed by atoms with Gasteiger partial charge in [0.2, 0.25) is 0 Å². The fourth-order valence-electron chi connectivity index (χ4n) is 1.69. The van der Waals surface area contributed by atoms with Crippen LogP contribution in [0.3, 0.4) is 0 Å². The zero-order valence-corrected chi connectivity index (χ0v) is 13.1. The lowest BCUT2D eigenvalue weighted by Crippen LogP contribution is -2.22. The third-order valence-corrected chi connectivity index (χ3v) is 3.38. The highest BCUT2D eigenvalue weighted by molar-refractivity contribution is 6.34. The van der Waals surface area contributed by atoms with Crippen LogP contribution in [0.5, 0.6) is 5.75 Å². The van der Waals surface area contributed by atoms with Gasteiger partial charge in [0.1, 0.15) is 18.7 Å². The number of nitrogens with two attached hydrogens (primary N) is 1. The Morgan fingerprint density at radius 1 is 1.23 bits per heavy atom. The van der Waals surface area contributed by atoms with E-state index in [2.05, 4.69) is 5.10 Å². The fraction of sp³-hybridized carbons (Fsp3) is 0.0667. The lowest BCUT2D eigenvalue weighted by molar-refractivity contribution is 0.306. The quantitative estimate of drug-likeness (QED) is 0.365. The number of hydrazine groups is 1. The number of hydrazone groups is 1. The van der Waals surface area contributed by atoms with Gasteiger partial charge in [-0.2, -0.15) is 10.2 Å². The van der Waals surface area contributed by atoms with Crippen LogP contribution in [0.25, 0.3) is 0 Å². The Bertz CT molecular complexity index is 691. The van der Waals surface area contributed by atoms with Gasteiger partial charge in [-0.25, -0.2) is 5.84 Å². The lowest BCUT2D eigenvalue weighted by Gasteiger charge is -2.10. The second-order valence-electron chi connectivity index (χ2n) is 4.33. The summed E-state index contributed by atoms with van der Waals surface area (Å²) in [6, 6.07) is 12.7. The van der Waals surface area contributed by atoms with Crippen molar-refractivity contribution in [3.63, 3.8) is 0 Å². The summed E-state index contributed by atoms with van der Waals surface area (Å²) in [5.41, 5.74) is 1.59. The number of ether oxygens (including phenoxy) is 1. The highest BCUT2D eigenvalue weighted by Crippen LogP contribution is 2.28. The van der Waals surface area contributed by atoms with Crippen LogP contribution in [-0.2, 0) is 6.61 Å². The van der Waals surface area contributed by atoms with Gasteiger partial charge >= 0.3 is 0 Å². The van der Waals surface area contributed by atoms with E-state index < -0.39 is 0 Å². The van der Waals surface area contributed by atoms with Crippen LogP contribution >= 0.6 is 23.2 Å². The van der Waals surface area contributed by atoms with Gasteiger partial charge < -0.3 is 4.74 Å². The van der Waals surface area contributed by atoms with Crippen LogP contribution < -0.4 is 10.6 Å². The topological polar surface area (TPSA) is 74.7 Å². The molecule has 0 heterocycles. The molecule has 0 bridgehead atoms. The molecule has 0 aliphatic heterocycles. The summed E-state index contributed by atoms with van der Waals surface area (Å²) < 4.78 is 5.71. The molecule has 0 radical (unpaired) electrons. The molecule has 0 aromatic heterocycles. The molecule has 114 valence electrons. The van der Waals surface area contributed by atoms with Crippen LogP contribution in [0.4, 0.5) is 0 Å². The molecule has 0 aliphatic rings. The van der Waals surface area contributed by atoms with Crippen LogP contribution in [0.2, 0.25) is 10.0 Å². The SMILES string of the molecule is N=CN(N)/N=C/c1cccc(OCc2cccc(Cl)c2)c1Cl. The van der Waals surface area contributed by atoms with Gasteiger partial charge in [-0.15, -0.1) is 0 Å². The van der Waals surface area contributed by atoms with Gasteiger partial charge in [-0.1, -0.05) is 47.5 Å². The molecule has 0 fully saturated rings. The van der Waals surface area contributed by atoms with E-state index in [1.165, 1.54) is 6.21 Å². The minimum atomic E-state index is 0.352. The van der Waals surface area contributed by atoms with Gasteiger partial charge in [0, 0.05) is 10.6 Å². The highest BCUT2D eigenvalue weighted by Gasteiger charge is 2.06. The molecule has 22 heavy (non-hydrogen) atoms. The minimum absolute atomic E-state index is 0.352. The molecule has 5 nitrogen and oxygen atoms in total. The summed E-state index contributed by atoms with van der Waals surface area (Å²) >= 11 is 12.2. The first kappa shape index (κ1) is 16.3. The normalized spacial score (nSPS) is 10.7. The van der Waals surface area contributed by atoms with Crippen molar-refractivity contribution in [2.24, 2.45) is 10.9 Å². The average Bonchev–Trinajstić information content (AvgIpc) is 2.52. The molecule has 0 saturated heterocycles. The van der Waals surface area contributed by atoms with E-state index in [0.29, 0.717) is 28.0 Å². The lowest BCUT2D eigenvalue weighted by atomic mass is 10.2. The minimum Gasteiger partial charge on any atom is -0.487 e. The first-order valence-electron chi connectivity index (χ1n) is 6.34. The Morgan fingerprint density at radius 2 is 2.00 bits per heavy atom. The zero-order valence-electron chi connectivity index (χ0n) is 11.5. The van der Waals surface area contributed by atoms with Gasteiger partial charge in [0.15, 0.2) is 0 Å². The summed E-state index contributed by atoms with van der Waals surface area (Å²) in [6.07, 6.45) is 2.34. The maximum absolute atomic E-state index is 6.94. The van der Waals surface area contributed by atoms with E-state index in [4.69, 9.17) is 39.2 Å². The second-order valence-corrected chi connectivity index (χ2v) is 5.15. The van der Waals surface area contributed by atoms with E-state index in [1.807, 2.05) is 18.2 Å². The molecule has 0 saturated carbocycles. The summed E-state index contributed by atoms with van der Waals surface area (Å²) in [5.74, 6) is 5.89. The number of nitrogens with one attached hydrogen (secondary N) is 1. The van der Waals surface area contributed by atoms with Crippen LogP contribution in [-0.4, -0.2) is 17.7 Å². The van der Waals surface area contributed by atoms with Crippen LogP contribution in [0.1, 0.15) is 11.1 Å². The van der Waals surface area contributed by atoms with Crippen LogP contribution in [0, 0.1) is 5.41 Å². The third kappa shape index (κ3) is 4.46. The van der Waals surface area contributed by atoms with Crippen molar-refractivity contribution in [3.8, 4) is 5.75 Å². The first-order valence-corrected chi connectivity index (χ1v) is 7.10. The van der Waals surface area contributed by atoms with Crippen LogP contribution in [0.15, 0.2) is 47.6 Å². The Kier molecular flexibility index (Phi) is 5.77. The summed E-state index contributed by atoms with van der Waals surface area (Å²) in [5, 5.41) is 12.7. The van der Waals surface area contributed by atoms with E-state index in [1.54, 1.807) is 24.3 Å². The predicted molar refractivity (Wildman–Crippen MR) is 89.6 cm³/mol. The highest BCUT2D eigenvalue weighted by atomic mass is 35.5. The standard InChI is InChI=1S/C15H14Cl2N4O/c16-13-5-1-3-11(7-13)9-22-14-6-2-4-12(15(14)17)8-20-21(19)10-18/h1-8,10,18H,9,19H2/b18-10?,20-8+. The smallest absolute Gasteiger partial charge is 0.139 e. The Morgan fingerprint density at radius 3 is 2.73 bits per heavy atom. The molecule has 2 rings (SSSR count). The summed E-state index contributed by atoms with van der Waals surface area (Å²) in [7, 11) is 0. The van der Waals surface area contributed by atoms with Crippen molar-refractivity contribution in [2.45, 2.75) is 6.61 Å². The molecule has 0 amide bonds. The monoisotopic (exact) mass is 336 g/mol. The Labute approximate surface area is 138 Å². The third-order valence-electron chi connectivity index (χ3n) is 2.74. The van der Waals surface area contributed by atoms with E-state index >= 15 is 0 Å². The molecule has 2 aromatic carbocycles. The number of hydrogen-bond acceptors (Lipinski definition) is 4. The van der Waals surface area contributed by atoms with Crippen molar-refractivity contribution < 1.29 is 4.74 Å². The molecule has 0 spiro atoms. The Balaban J connectivity index is 2.11. The molecular weight excluding hydrogens is 323 g/mol. The molecule has 7 heteroatoms. The fourth-order valence-corrected chi connectivity index (χ4v) is 2.13. The summed E-state index contributed by atoms with van der Waals surface area (Å²) in [6.45, 7) is 0.352. The number of benzene rings is 2. The molecule has 0 unspecified atom stereocenters. The van der Waals surface area contributed by atoms with E-state index in [9.17, 15) is 0 Å². The maximum atomic E-state index is 6.94.